The van der Waals surface area contributed by atoms with E-state index in [9.17, 15) is 9.90 Å². The molecule has 0 aliphatic carbocycles. The van der Waals surface area contributed by atoms with Crippen molar-refractivity contribution in [1.82, 2.24) is 15.2 Å². The summed E-state index contributed by atoms with van der Waals surface area (Å²) in [4.78, 5) is 12.9. The summed E-state index contributed by atoms with van der Waals surface area (Å²) in [6.07, 6.45) is 0. The Labute approximate surface area is 87.2 Å². The van der Waals surface area contributed by atoms with Crippen molar-refractivity contribution in [2.24, 2.45) is 10.2 Å². The molecule has 2 heterocycles. The molecule has 0 amide bonds. The van der Waals surface area contributed by atoms with Crippen molar-refractivity contribution in [3.63, 3.8) is 0 Å². The molecule has 0 aliphatic rings. The molecule has 0 atom stereocenters. The number of aromatic amines is 1. The highest BCUT2D eigenvalue weighted by Crippen LogP contribution is 2.24. The highest BCUT2D eigenvalue weighted by molar-refractivity contribution is 7.13. The van der Waals surface area contributed by atoms with Crippen LogP contribution in [0.2, 0.25) is 0 Å². The lowest BCUT2D eigenvalue weighted by atomic mass is 10.4. The van der Waals surface area contributed by atoms with E-state index in [1.807, 2.05) is 0 Å². The van der Waals surface area contributed by atoms with Gasteiger partial charge in [0, 0.05) is 6.07 Å². The molecular formula is C7H5N5O2S. The summed E-state index contributed by atoms with van der Waals surface area (Å²) in [5.41, 5.74) is 1.29. The van der Waals surface area contributed by atoms with Gasteiger partial charge in [0.15, 0.2) is 0 Å². The minimum atomic E-state index is -0.401. The van der Waals surface area contributed by atoms with Gasteiger partial charge in [0.05, 0.1) is 0 Å². The Bertz CT molecular complexity index is 533. The number of H-pyrrole nitrogens is 1. The molecule has 7 nitrogen and oxygen atoms in total. The average molecular weight is 223 g/mol. The van der Waals surface area contributed by atoms with Gasteiger partial charge in [-0.3, -0.25) is 9.78 Å². The number of pyridine rings is 1. The standard InChI is InChI=1S/C7H5N5O2S/c13-5-2-1-4(6(14)9-5)10-12-7-11-8-3-15-7/h1-3H,(H2,9,13,14). The van der Waals surface area contributed by atoms with Crippen LogP contribution in [0.5, 0.6) is 5.88 Å². The SMILES string of the molecule is O=c1ccc(N=Nc2nncs2)c(O)[nH]1. The van der Waals surface area contributed by atoms with Gasteiger partial charge in [-0.1, -0.05) is 11.3 Å². The molecule has 8 heteroatoms. The fourth-order valence-electron chi connectivity index (χ4n) is 0.844. The van der Waals surface area contributed by atoms with E-state index in [1.54, 1.807) is 0 Å². The van der Waals surface area contributed by atoms with E-state index in [0.717, 1.165) is 0 Å². The lowest BCUT2D eigenvalue weighted by Gasteiger charge is -1.93. The Balaban J connectivity index is 2.28. The third kappa shape index (κ3) is 2.23. The van der Waals surface area contributed by atoms with E-state index in [-0.39, 0.29) is 11.6 Å². The number of aromatic hydroxyl groups is 1. The zero-order chi connectivity index (χ0) is 10.7. The first-order chi connectivity index (χ1) is 7.25. The number of rotatable bonds is 2. The van der Waals surface area contributed by atoms with E-state index < -0.39 is 5.56 Å². The second-order valence-corrected chi connectivity index (χ2v) is 3.29. The zero-order valence-corrected chi connectivity index (χ0v) is 8.10. The Hall–Kier alpha value is -2.09. The highest BCUT2D eigenvalue weighted by atomic mass is 32.1. The van der Waals surface area contributed by atoms with Crippen LogP contribution in [0, 0.1) is 0 Å². The number of azo groups is 1. The smallest absolute Gasteiger partial charge is 0.251 e. The first-order valence-electron chi connectivity index (χ1n) is 3.86. The van der Waals surface area contributed by atoms with Gasteiger partial charge in [0.2, 0.25) is 5.88 Å². The fourth-order valence-corrected chi connectivity index (χ4v) is 1.21. The van der Waals surface area contributed by atoms with Crippen molar-refractivity contribution < 1.29 is 5.11 Å². The molecule has 0 aromatic carbocycles. The van der Waals surface area contributed by atoms with Crippen molar-refractivity contribution in [1.29, 1.82) is 0 Å². The van der Waals surface area contributed by atoms with Crippen LogP contribution in [0.3, 0.4) is 0 Å². The van der Waals surface area contributed by atoms with E-state index in [4.69, 9.17) is 0 Å². The summed E-state index contributed by atoms with van der Waals surface area (Å²) < 4.78 is 0. The summed E-state index contributed by atoms with van der Waals surface area (Å²) in [6, 6.07) is 2.60. The number of hydrogen-bond acceptors (Lipinski definition) is 7. The molecule has 15 heavy (non-hydrogen) atoms. The molecule has 0 unspecified atom stereocenters. The second-order valence-electron chi connectivity index (χ2n) is 2.48. The number of nitrogens with one attached hydrogen (secondary N) is 1. The molecule has 0 radical (unpaired) electrons. The maximum absolute atomic E-state index is 10.8. The lowest BCUT2D eigenvalue weighted by molar-refractivity contribution is 0.453. The van der Waals surface area contributed by atoms with Crippen LogP contribution < -0.4 is 5.56 Å². The van der Waals surface area contributed by atoms with Crippen molar-refractivity contribution >= 4 is 22.2 Å². The van der Waals surface area contributed by atoms with Crippen molar-refractivity contribution in [2.45, 2.75) is 0 Å². The summed E-state index contributed by atoms with van der Waals surface area (Å²) in [5.74, 6) is -0.323. The van der Waals surface area contributed by atoms with Crippen molar-refractivity contribution in [3.05, 3.63) is 28.0 Å². The summed E-state index contributed by atoms with van der Waals surface area (Å²) in [5, 5.41) is 24.3. The first kappa shape index (κ1) is 9.46. The van der Waals surface area contributed by atoms with Crippen LogP contribution in [0.25, 0.3) is 0 Å². The van der Waals surface area contributed by atoms with Crippen molar-refractivity contribution in [3.8, 4) is 5.88 Å². The third-order valence-corrected chi connectivity index (χ3v) is 2.04. The van der Waals surface area contributed by atoms with Gasteiger partial charge in [-0.15, -0.1) is 20.4 Å². The summed E-state index contributed by atoms with van der Waals surface area (Å²) in [7, 11) is 0. The van der Waals surface area contributed by atoms with Crippen LogP contribution in [-0.4, -0.2) is 20.3 Å². The highest BCUT2D eigenvalue weighted by Gasteiger charge is 2.00. The predicted molar refractivity (Wildman–Crippen MR) is 52.8 cm³/mol. The number of aromatic nitrogens is 3. The molecule has 0 spiro atoms. The molecule has 2 aromatic rings. The maximum atomic E-state index is 10.8. The van der Waals surface area contributed by atoms with Gasteiger partial charge in [-0.2, -0.15) is 0 Å². The van der Waals surface area contributed by atoms with E-state index >= 15 is 0 Å². The molecule has 0 saturated carbocycles. The summed E-state index contributed by atoms with van der Waals surface area (Å²) >= 11 is 1.21. The molecule has 0 fully saturated rings. The molecule has 0 bridgehead atoms. The zero-order valence-electron chi connectivity index (χ0n) is 7.28. The van der Waals surface area contributed by atoms with Gasteiger partial charge in [-0.05, 0) is 6.07 Å². The number of nitrogens with zero attached hydrogens (tertiary/aromatic N) is 4. The van der Waals surface area contributed by atoms with Crippen LogP contribution >= 0.6 is 11.3 Å². The Kier molecular flexibility index (Phi) is 2.50. The lowest BCUT2D eigenvalue weighted by Crippen LogP contribution is -2.00. The van der Waals surface area contributed by atoms with Crippen molar-refractivity contribution in [2.75, 3.05) is 0 Å². The Morgan fingerprint density at radius 1 is 1.40 bits per heavy atom. The van der Waals surface area contributed by atoms with Crippen LogP contribution in [-0.2, 0) is 0 Å². The van der Waals surface area contributed by atoms with E-state index in [2.05, 4.69) is 25.4 Å². The fraction of sp³-hybridized carbons (Fsp3) is 0. The second kappa shape index (κ2) is 3.96. The average Bonchev–Trinajstić information content (AvgIpc) is 2.69. The first-order valence-corrected chi connectivity index (χ1v) is 4.74. The van der Waals surface area contributed by atoms with Gasteiger partial charge in [0.1, 0.15) is 11.2 Å². The normalized spacial score (nSPS) is 10.9. The maximum Gasteiger partial charge on any atom is 0.251 e. The molecular weight excluding hydrogens is 218 g/mol. The summed E-state index contributed by atoms with van der Waals surface area (Å²) in [6.45, 7) is 0. The monoisotopic (exact) mass is 223 g/mol. The largest absolute Gasteiger partial charge is 0.493 e. The molecule has 2 aromatic heterocycles. The molecule has 0 saturated heterocycles. The third-order valence-electron chi connectivity index (χ3n) is 1.47. The molecule has 2 rings (SSSR count). The topological polar surface area (TPSA) is 104 Å². The van der Waals surface area contributed by atoms with Crippen LogP contribution in [0.1, 0.15) is 0 Å². The van der Waals surface area contributed by atoms with E-state index in [1.165, 1.54) is 29.0 Å². The predicted octanol–water partition coefficient (Wildman–Crippen LogP) is 1.35. The Morgan fingerprint density at radius 3 is 2.93 bits per heavy atom. The van der Waals surface area contributed by atoms with Gasteiger partial charge in [-0.25, -0.2) is 0 Å². The van der Waals surface area contributed by atoms with Gasteiger partial charge >= 0.3 is 0 Å². The molecule has 76 valence electrons. The van der Waals surface area contributed by atoms with Gasteiger partial charge in [0.25, 0.3) is 10.7 Å². The Morgan fingerprint density at radius 2 is 2.27 bits per heavy atom. The van der Waals surface area contributed by atoms with Crippen LogP contribution in [0.15, 0.2) is 32.7 Å². The minimum Gasteiger partial charge on any atom is -0.493 e. The van der Waals surface area contributed by atoms with Crippen LogP contribution in [0.4, 0.5) is 10.8 Å². The van der Waals surface area contributed by atoms with E-state index in [0.29, 0.717) is 5.13 Å². The van der Waals surface area contributed by atoms with Gasteiger partial charge < -0.3 is 5.11 Å². The minimum absolute atomic E-state index is 0.171. The molecule has 0 aliphatic heterocycles. The number of hydrogen-bond donors (Lipinski definition) is 2. The molecule has 2 N–H and O–H groups in total. The quantitative estimate of drug-likeness (QED) is 0.749.